The molecule has 0 aliphatic carbocycles. The molecule has 6 nitrogen and oxygen atoms in total. The SMILES string of the molecule is O=C(O)C1CCN(C(=O)Cc2cn3ccsc3n2)CC1. The number of amides is 1. The van der Waals surface area contributed by atoms with Gasteiger partial charge in [-0.3, -0.25) is 14.0 Å². The Labute approximate surface area is 119 Å². The molecule has 2 aromatic rings. The Morgan fingerprint density at radius 3 is 2.80 bits per heavy atom. The van der Waals surface area contributed by atoms with Gasteiger partial charge >= 0.3 is 5.97 Å². The Balaban J connectivity index is 1.60. The zero-order valence-corrected chi connectivity index (χ0v) is 11.7. The number of nitrogens with zero attached hydrogens (tertiary/aromatic N) is 3. The molecule has 3 heterocycles. The third-order valence-electron chi connectivity index (χ3n) is 3.67. The Kier molecular flexibility index (Phi) is 3.43. The number of imidazole rings is 1. The van der Waals surface area contributed by atoms with Crippen LogP contribution in [-0.4, -0.2) is 44.4 Å². The number of carboxylic acid groups (broad SMARTS) is 1. The van der Waals surface area contributed by atoms with Crippen molar-refractivity contribution in [3.05, 3.63) is 23.5 Å². The zero-order valence-electron chi connectivity index (χ0n) is 10.9. The maximum atomic E-state index is 12.2. The fraction of sp³-hybridized carbons (Fsp3) is 0.462. The standard InChI is InChI=1S/C13H15N3O3S/c17-11(15-3-1-9(2-4-15)12(18)19)7-10-8-16-5-6-20-13(16)14-10/h5-6,8-9H,1-4,7H2,(H,18,19). The number of carboxylic acids is 1. The number of carbonyl (C=O) groups is 2. The van der Waals surface area contributed by atoms with Crippen molar-refractivity contribution >= 4 is 28.2 Å². The highest BCUT2D eigenvalue weighted by molar-refractivity contribution is 7.15. The molecule has 20 heavy (non-hydrogen) atoms. The third kappa shape index (κ3) is 2.53. The van der Waals surface area contributed by atoms with Gasteiger partial charge in [-0.2, -0.15) is 0 Å². The molecule has 2 aromatic heterocycles. The van der Waals surface area contributed by atoms with E-state index in [2.05, 4.69) is 4.98 Å². The van der Waals surface area contributed by atoms with Crippen molar-refractivity contribution in [1.82, 2.24) is 14.3 Å². The molecule has 0 radical (unpaired) electrons. The summed E-state index contributed by atoms with van der Waals surface area (Å²) in [5.74, 6) is -1.04. The van der Waals surface area contributed by atoms with Crippen LogP contribution >= 0.6 is 11.3 Å². The molecular formula is C13H15N3O3S. The van der Waals surface area contributed by atoms with Gasteiger partial charge in [0.15, 0.2) is 4.96 Å². The van der Waals surface area contributed by atoms with E-state index < -0.39 is 5.97 Å². The zero-order chi connectivity index (χ0) is 14.1. The first-order valence-corrected chi connectivity index (χ1v) is 7.43. The lowest BCUT2D eigenvalue weighted by molar-refractivity contribution is -0.145. The van der Waals surface area contributed by atoms with Gasteiger partial charge in [-0.15, -0.1) is 11.3 Å². The molecule has 0 bridgehead atoms. The second kappa shape index (κ2) is 5.24. The molecule has 0 aromatic carbocycles. The average Bonchev–Trinajstić information content (AvgIpc) is 2.99. The van der Waals surface area contributed by atoms with Crippen LogP contribution in [0.1, 0.15) is 18.5 Å². The molecule has 3 rings (SSSR count). The first kappa shape index (κ1) is 13.1. The molecule has 0 saturated carbocycles. The van der Waals surface area contributed by atoms with Crippen LogP contribution in [0.2, 0.25) is 0 Å². The highest BCUT2D eigenvalue weighted by atomic mass is 32.1. The smallest absolute Gasteiger partial charge is 0.306 e. The van der Waals surface area contributed by atoms with Gasteiger partial charge in [-0.1, -0.05) is 0 Å². The monoisotopic (exact) mass is 293 g/mol. The van der Waals surface area contributed by atoms with Crippen LogP contribution < -0.4 is 0 Å². The molecule has 7 heteroatoms. The van der Waals surface area contributed by atoms with Crippen LogP contribution in [0.4, 0.5) is 0 Å². The molecule has 1 N–H and O–H groups in total. The predicted molar refractivity (Wildman–Crippen MR) is 73.7 cm³/mol. The van der Waals surface area contributed by atoms with Crippen molar-refractivity contribution in [3.8, 4) is 0 Å². The van der Waals surface area contributed by atoms with Gasteiger partial charge in [0, 0.05) is 30.9 Å². The number of rotatable bonds is 3. The minimum Gasteiger partial charge on any atom is -0.481 e. The van der Waals surface area contributed by atoms with Crippen molar-refractivity contribution in [2.45, 2.75) is 19.3 Å². The van der Waals surface area contributed by atoms with Gasteiger partial charge in [0.1, 0.15) is 0 Å². The van der Waals surface area contributed by atoms with E-state index >= 15 is 0 Å². The van der Waals surface area contributed by atoms with Crippen LogP contribution in [0.15, 0.2) is 17.8 Å². The van der Waals surface area contributed by atoms with E-state index in [1.54, 1.807) is 4.90 Å². The molecule has 1 aliphatic rings. The summed E-state index contributed by atoms with van der Waals surface area (Å²) in [5.41, 5.74) is 0.766. The van der Waals surface area contributed by atoms with Crippen LogP contribution in [0.25, 0.3) is 4.96 Å². The summed E-state index contributed by atoms with van der Waals surface area (Å²) in [6.45, 7) is 1.05. The van der Waals surface area contributed by atoms with E-state index in [9.17, 15) is 9.59 Å². The number of aromatic nitrogens is 2. The summed E-state index contributed by atoms with van der Waals surface area (Å²) in [6.07, 6.45) is 5.15. The van der Waals surface area contributed by atoms with Crippen molar-refractivity contribution < 1.29 is 14.7 Å². The average molecular weight is 293 g/mol. The number of thiazole rings is 1. The lowest BCUT2D eigenvalue weighted by Gasteiger charge is -2.30. The fourth-order valence-electron chi connectivity index (χ4n) is 2.50. The summed E-state index contributed by atoms with van der Waals surface area (Å²) in [6, 6.07) is 0. The fourth-order valence-corrected chi connectivity index (χ4v) is 3.22. The molecule has 0 atom stereocenters. The Morgan fingerprint density at radius 1 is 1.40 bits per heavy atom. The van der Waals surface area contributed by atoms with Gasteiger partial charge in [0.25, 0.3) is 0 Å². The minimum atomic E-state index is -0.758. The van der Waals surface area contributed by atoms with Crippen molar-refractivity contribution in [1.29, 1.82) is 0 Å². The summed E-state index contributed by atoms with van der Waals surface area (Å²) in [5, 5.41) is 10.9. The summed E-state index contributed by atoms with van der Waals surface area (Å²) in [7, 11) is 0. The van der Waals surface area contributed by atoms with E-state index in [0.29, 0.717) is 25.9 Å². The number of piperidine rings is 1. The van der Waals surface area contributed by atoms with Gasteiger partial charge < -0.3 is 10.0 Å². The first-order chi connectivity index (χ1) is 9.63. The van der Waals surface area contributed by atoms with E-state index in [-0.39, 0.29) is 18.2 Å². The number of aliphatic carboxylic acids is 1. The van der Waals surface area contributed by atoms with Crippen molar-refractivity contribution in [2.75, 3.05) is 13.1 Å². The number of hydrogen-bond donors (Lipinski definition) is 1. The Bertz CT molecular complexity index is 612. The minimum absolute atomic E-state index is 0.0274. The van der Waals surface area contributed by atoms with Gasteiger partial charge in [-0.05, 0) is 12.8 Å². The molecule has 1 fully saturated rings. The summed E-state index contributed by atoms with van der Waals surface area (Å²) in [4.78, 5) is 30.1. The van der Waals surface area contributed by atoms with E-state index in [1.807, 2.05) is 22.2 Å². The summed E-state index contributed by atoms with van der Waals surface area (Å²) < 4.78 is 1.91. The molecule has 0 unspecified atom stereocenters. The molecule has 106 valence electrons. The molecule has 1 amide bonds. The lowest BCUT2D eigenvalue weighted by Crippen LogP contribution is -2.41. The number of fused-ring (bicyclic) bond motifs is 1. The van der Waals surface area contributed by atoms with Crippen molar-refractivity contribution in [3.63, 3.8) is 0 Å². The molecular weight excluding hydrogens is 278 g/mol. The number of carbonyl (C=O) groups excluding carboxylic acids is 1. The van der Waals surface area contributed by atoms with E-state index in [1.165, 1.54) is 11.3 Å². The second-order valence-electron chi connectivity index (χ2n) is 5.00. The van der Waals surface area contributed by atoms with Crippen LogP contribution in [0, 0.1) is 5.92 Å². The van der Waals surface area contributed by atoms with Crippen LogP contribution in [0.3, 0.4) is 0 Å². The van der Waals surface area contributed by atoms with Crippen LogP contribution in [0.5, 0.6) is 0 Å². The normalized spacial score (nSPS) is 16.7. The third-order valence-corrected chi connectivity index (χ3v) is 4.44. The van der Waals surface area contributed by atoms with Gasteiger partial charge in [0.2, 0.25) is 5.91 Å². The van der Waals surface area contributed by atoms with Gasteiger partial charge in [0.05, 0.1) is 18.0 Å². The number of likely N-dealkylation sites (tertiary alicyclic amines) is 1. The lowest BCUT2D eigenvalue weighted by atomic mass is 9.97. The summed E-state index contributed by atoms with van der Waals surface area (Å²) >= 11 is 1.54. The van der Waals surface area contributed by atoms with Crippen LogP contribution in [-0.2, 0) is 16.0 Å². The molecule has 0 spiro atoms. The highest BCUT2D eigenvalue weighted by Gasteiger charge is 2.27. The van der Waals surface area contributed by atoms with E-state index in [0.717, 1.165) is 10.7 Å². The highest BCUT2D eigenvalue weighted by Crippen LogP contribution is 2.18. The topological polar surface area (TPSA) is 74.9 Å². The van der Waals surface area contributed by atoms with E-state index in [4.69, 9.17) is 5.11 Å². The maximum Gasteiger partial charge on any atom is 0.306 e. The largest absolute Gasteiger partial charge is 0.481 e. The van der Waals surface area contributed by atoms with Crippen molar-refractivity contribution in [2.24, 2.45) is 5.92 Å². The first-order valence-electron chi connectivity index (χ1n) is 6.55. The number of hydrogen-bond acceptors (Lipinski definition) is 4. The predicted octanol–water partition coefficient (Wildman–Crippen LogP) is 1.26. The maximum absolute atomic E-state index is 12.2. The quantitative estimate of drug-likeness (QED) is 0.924. The van der Waals surface area contributed by atoms with Gasteiger partial charge in [-0.25, -0.2) is 4.98 Å². The second-order valence-corrected chi connectivity index (χ2v) is 5.87. The Morgan fingerprint density at radius 2 is 2.15 bits per heavy atom. The molecule has 1 saturated heterocycles. The Hall–Kier alpha value is -1.89. The molecule has 1 aliphatic heterocycles.